The molecule has 2 aromatic heterocycles. The van der Waals surface area contributed by atoms with E-state index >= 15 is 0 Å². The van der Waals surface area contributed by atoms with Gasteiger partial charge in [-0.05, 0) is 31.7 Å². The van der Waals surface area contributed by atoms with Crippen molar-refractivity contribution in [3.05, 3.63) is 23.7 Å². The molecule has 0 radical (unpaired) electrons. The molecule has 0 spiro atoms. The highest BCUT2D eigenvalue weighted by atomic mass is 16.5. The summed E-state index contributed by atoms with van der Waals surface area (Å²) in [4.78, 5) is 31.1. The average Bonchev–Trinajstić information content (AvgIpc) is 2.78. The molecule has 0 atom stereocenters. The van der Waals surface area contributed by atoms with Gasteiger partial charge in [0, 0.05) is 32.1 Å². The van der Waals surface area contributed by atoms with Gasteiger partial charge in [-0.1, -0.05) is 13.8 Å². The van der Waals surface area contributed by atoms with Crippen molar-refractivity contribution in [3.63, 3.8) is 0 Å². The zero-order chi connectivity index (χ0) is 19.5. The lowest BCUT2D eigenvalue weighted by molar-refractivity contribution is -0.140. The van der Waals surface area contributed by atoms with Crippen LogP contribution in [-0.4, -0.2) is 65.2 Å². The highest BCUT2D eigenvalue weighted by Gasteiger charge is 2.29. The largest absolute Gasteiger partial charge is 0.378 e. The van der Waals surface area contributed by atoms with Crippen molar-refractivity contribution < 1.29 is 9.53 Å². The van der Waals surface area contributed by atoms with Crippen molar-refractivity contribution in [2.24, 2.45) is 5.92 Å². The van der Waals surface area contributed by atoms with Gasteiger partial charge < -0.3 is 14.5 Å². The highest BCUT2D eigenvalue weighted by molar-refractivity contribution is 5.79. The average molecular weight is 383 g/mol. The standard InChI is InChI=1S/C21H29N5O2/c1-3-17-18(4-2)24-20-19(23-17)13-16(14-22-20)25-7-5-15(6-8-25)21(27)26-9-11-28-12-10-26/h13-15H,3-12H2,1-2H3. The van der Waals surface area contributed by atoms with Crippen LogP contribution in [-0.2, 0) is 22.4 Å². The third-order valence-electron chi connectivity index (χ3n) is 5.86. The van der Waals surface area contributed by atoms with E-state index in [4.69, 9.17) is 9.72 Å². The summed E-state index contributed by atoms with van der Waals surface area (Å²) in [5.41, 5.74) is 4.75. The second kappa shape index (κ2) is 8.39. The van der Waals surface area contributed by atoms with Crippen molar-refractivity contribution in [2.45, 2.75) is 39.5 Å². The first-order valence-corrected chi connectivity index (χ1v) is 10.5. The summed E-state index contributed by atoms with van der Waals surface area (Å²) in [6.45, 7) is 8.73. The molecule has 4 heterocycles. The van der Waals surface area contributed by atoms with Gasteiger partial charge in [0.2, 0.25) is 5.91 Å². The van der Waals surface area contributed by atoms with E-state index in [0.717, 1.165) is 80.1 Å². The first-order chi connectivity index (χ1) is 13.7. The Labute approximate surface area is 166 Å². The van der Waals surface area contributed by atoms with Crippen LogP contribution < -0.4 is 4.90 Å². The molecule has 1 amide bonds. The molecule has 0 aliphatic carbocycles. The van der Waals surface area contributed by atoms with E-state index in [2.05, 4.69) is 34.8 Å². The van der Waals surface area contributed by atoms with Gasteiger partial charge in [0.15, 0.2) is 5.65 Å². The van der Waals surface area contributed by atoms with Gasteiger partial charge in [-0.3, -0.25) is 4.79 Å². The fourth-order valence-corrected chi connectivity index (χ4v) is 4.17. The minimum absolute atomic E-state index is 0.126. The molecule has 0 bridgehead atoms. The number of hydrogen-bond acceptors (Lipinski definition) is 6. The molecule has 7 nitrogen and oxygen atoms in total. The van der Waals surface area contributed by atoms with E-state index in [0.29, 0.717) is 19.1 Å². The summed E-state index contributed by atoms with van der Waals surface area (Å²) in [5, 5.41) is 0. The van der Waals surface area contributed by atoms with Gasteiger partial charge >= 0.3 is 0 Å². The highest BCUT2D eigenvalue weighted by Crippen LogP contribution is 2.26. The molecule has 2 fully saturated rings. The van der Waals surface area contributed by atoms with E-state index in [1.807, 2.05) is 11.1 Å². The van der Waals surface area contributed by atoms with E-state index in [-0.39, 0.29) is 5.92 Å². The smallest absolute Gasteiger partial charge is 0.225 e. The Morgan fingerprint density at radius 2 is 1.75 bits per heavy atom. The van der Waals surface area contributed by atoms with Gasteiger partial charge in [-0.2, -0.15) is 0 Å². The number of fused-ring (bicyclic) bond motifs is 1. The van der Waals surface area contributed by atoms with Crippen molar-refractivity contribution in [1.29, 1.82) is 0 Å². The van der Waals surface area contributed by atoms with E-state index in [9.17, 15) is 4.79 Å². The molecular weight excluding hydrogens is 354 g/mol. The first kappa shape index (κ1) is 19.1. The summed E-state index contributed by atoms with van der Waals surface area (Å²) in [5.74, 6) is 0.423. The van der Waals surface area contributed by atoms with Gasteiger partial charge in [-0.15, -0.1) is 0 Å². The number of carbonyl (C=O) groups is 1. The van der Waals surface area contributed by atoms with Crippen LogP contribution in [0.5, 0.6) is 0 Å². The lowest BCUT2D eigenvalue weighted by atomic mass is 9.95. The van der Waals surface area contributed by atoms with E-state index < -0.39 is 0 Å². The van der Waals surface area contributed by atoms with Crippen molar-refractivity contribution in [2.75, 3.05) is 44.3 Å². The molecule has 28 heavy (non-hydrogen) atoms. The maximum Gasteiger partial charge on any atom is 0.225 e. The summed E-state index contributed by atoms with van der Waals surface area (Å²) < 4.78 is 5.36. The number of amides is 1. The van der Waals surface area contributed by atoms with Crippen LogP contribution in [0.1, 0.15) is 38.1 Å². The van der Waals surface area contributed by atoms with Gasteiger partial charge in [-0.25, -0.2) is 15.0 Å². The number of pyridine rings is 1. The lowest BCUT2D eigenvalue weighted by Crippen LogP contribution is -2.46. The topological polar surface area (TPSA) is 71.5 Å². The lowest BCUT2D eigenvalue weighted by Gasteiger charge is -2.36. The maximum absolute atomic E-state index is 12.7. The monoisotopic (exact) mass is 383 g/mol. The normalized spacial score (nSPS) is 18.6. The quantitative estimate of drug-likeness (QED) is 0.806. The minimum Gasteiger partial charge on any atom is -0.378 e. The molecule has 0 aromatic carbocycles. The predicted molar refractivity (Wildman–Crippen MR) is 108 cm³/mol. The van der Waals surface area contributed by atoms with Crippen LogP contribution in [0.3, 0.4) is 0 Å². The molecule has 2 aliphatic heterocycles. The van der Waals surface area contributed by atoms with Crippen LogP contribution in [0.4, 0.5) is 5.69 Å². The maximum atomic E-state index is 12.7. The molecule has 0 unspecified atom stereocenters. The Kier molecular flexibility index (Phi) is 5.71. The Morgan fingerprint density at radius 3 is 2.43 bits per heavy atom. The zero-order valence-corrected chi connectivity index (χ0v) is 16.9. The molecule has 2 aromatic rings. The summed E-state index contributed by atoms with van der Waals surface area (Å²) in [6.07, 6.45) is 5.42. The number of aryl methyl sites for hydroxylation is 2. The number of aromatic nitrogens is 3. The summed E-state index contributed by atoms with van der Waals surface area (Å²) >= 11 is 0. The molecule has 4 rings (SSSR count). The number of piperidine rings is 1. The molecule has 150 valence electrons. The molecule has 0 N–H and O–H groups in total. The first-order valence-electron chi connectivity index (χ1n) is 10.5. The van der Waals surface area contributed by atoms with Crippen LogP contribution in [0, 0.1) is 5.92 Å². The van der Waals surface area contributed by atoms with Crippen LogP contribution in [0.2, 0.25) is 0 Å². The molecule has 2 aliphatic rings. The fourth-order valence-electron chi connectivity index (χ4n) is 4.17. The number of carbonyl (C=O) groups excluding carboxylic acids is 1. The van der Waals surface area contributed by atoms with Crippen LogP contribution in [0.15, 0.2) is 12.3 Å². The van der Waals surface area contributed by atoms with E-state index in [1.54, 1.807) is 0 Å². The molecular formula is C21H29N5O2. The van der Waals surface area contributed by atoms with Crippen molar-refractivity contribution in [1.82, 2.24) is 19.9 Å². The molecule has 2 saturated heterocycles. The molecule has 0 saturated carbocycles. The Balaban J connectivity index is 1.45. The number of rotatable bonds is 4. The van der Waals surface area contributed by atoms with Gasteiger partial charge in [0.25, 0.3) is 0 Å². The van der Waals surface area contributed by atoms with Crippen LogP contribution >= 0.6 is 0 Å². The zero-order valence-electron chi connectivity index (χ0n) is 16.9. The van der Waals surface area contributed by atoms with Crippen molar-refractivity contribution in [3.8, 4) is 0 Å². The second-order valence-corrected chi connectivity index (χ2v) is 7.56. The Bertz CT molecular complexity index is 842. The Hall–Kier alpha value is -2.28. The van der Waals surface area contributed by atoms with Crippen LogP contribution in [0.25, 0.3) is 11.2 Å². The second-order valence-electron chi connectivity index (χ2n) is 7.56. The fraction of sp³-hybridized carbons (Fsp3) is 0.619. The Morgan fingerprint density at radius 1 is 1.07 bits per heavy atom. The minimum atomic E-state index is 0.126. The van der Waals surface area contributed by atoms with Gasteiger partial charge in [0.1, 0.15) is 5.52 Å². The summed E-state index contributed by atoms with van der Waals surface area (Å²) in [6, 6.07) is 2.10. The molecule has 7 heteroatoms. The number of nitrogens with zero attached hydrogens (tertiary/aromatic N) is 5. The third-order valence-corrected chi connectivity index (χ3v) is 5.86. The van der Waals surface area contributed by atoms with Gasteiger partial charge in [0.05, 0.1) is 36.5 Å². The third kappa shape index (κ3) is 3.81. The number of morpholine rings is 1. The predicted octanol–water partition coefficient (Wildman–Crippen LogP) is 2.22. The van der Waals surface area contributed by atoms with E-state index in [1.165, 1.54) is 0 Å². The van der Waals surface area contributed by atoms with Crippen molar-refractivity contribution >= 4 is 22.8 Å². The number of anilines is 1. The number of ether oxygens (including phenoxy) is 1. The number of hydrogen-bond donors (Lipinski definition) is 0. The SMILES string of the molecule is CCc1nc2cc(N3CCC(C(=O)N4CCOCC4)CC3)cnc2nc1CC. The summed E-state index contributed by atoms with van der Waals surface area (Å²) in [7, 11) is 0.